The second kappa shape index (κ2) is 10.8. The molecule has 0 saturated heterocycles. The number of rotatable bonds is 5. The smallest absolute Gasteiger partial charge is 0.253 e. The molecule has 1 fully saturated rings. The summed E-state index contributed by atoms with van der Waals surface area (Å²) < 4.78 is 12.6. The van der Waals surface area contributed by atoms with Gasteiger partial charge in [-0.15, -0.1) is 0 Å². The molecule has 8 nitrogen and oxygen atoms in total. The van der Waals surface area contributed by atoms with Gasteiger partial charge in [-0.25, -0.2) is 9.97 Å². The maximum Gasteiger partial charge on any atom is 0.253 e. The zero-order valence-corrected chi connectivity index (χ0v) is 28.3. The molecule has 0 atom stereocenters. The highest BCUT2D eigenvalue weighted by Crippen LogP contribution is 2.53. The lowest BCUT2D eigenvalue weighted by Gasteiger charge is -2.51. The fourth-order valence-corrected chi connectivity index (χ4v) is 7.33. The number of pyridine rings is 1. The molecule has 0 spiro atoms. The van der Waals surface area contributed by atoms with Gasteiger partial charge in [-0.3, -0.25) is 14.7 Å². The van der Waals surface area contributed by atoms with Crippen molar-refractivity contribution in [3.63, 3.8) is 0 Å². The van der Waals surface area contributed by atoms with Crippen molar-refractivity contribution >= 4 is 17.5 Å². The standard InChI is InChI=1S/C34H53N5O3/c1-30(2,3)34(41-13,31(4,5)6)26-19-14-22(20-35-26)25-21-36-27-28(37-25)39(29(40)33(10,11)38(27)12)23-15-17-24(18-16-23)42-32(7,8)9/h14,19-21,23-24H,15-18H2,1-13H3/t23-,24-. The molecule has 0 unspecified atom stereocenters. The van der Waals surface area contributed by atoms with Gasteiger partial charge in [0.15, 0.2) is 11.6 Å². The number of anilines is 2. The van der Waals surface area contributed by atoms with Crippen LogP contribution in [0.25, 0.3) is 11.3 Å². The fourth-order valence-electron chi connectivity index (χ4n) is 7.33. The number of methoxy groups -OCH3 is 1. The van der Waals surface area contributed by atoms with Crippen LogP contribution in [0.4, 0.5) is 11.6 Å². The molecule has 0 aromatic carbocycles. The van der Waals surface area contributed by atoms with Gasteiger partial charge in [0.2, 0.25) is 0 Å². The van der Waals surface area contributed by atoms with Crippen LogP contribution in [0.3, 0.4) is 0 Å². The van der Waals surface area contributed by atoms with Gasteiger partial charge in [0.1, 0.15) is 11.1 Å². The normalized spacial score (nSPS) is 21.9. The first-order valence-corrected chi connectivity index (χ1v) is 15.4. The van der Waals surface area contributed by atoms with Crippen LogP contribution in [0.2, 0.25) is 0 Å². The molecule has 0 bridgehead atoms. The number of carbonyl (C=O) groups excluding carboxylic acids is 1. The quantitative estimate of drug-likeness (QED) is 0.372. The van der Waals surface area contributed by atoms with Crippen LogP contribution in [0.15, 0.2) is 24.5 Å². The Hall–Kier alpha value is -2.58. The predicted octanol–water partition coefficient (Wildman–Crippen LogP) is 7.16. The number of fused-ring (bicyclic) bond motifs is 1. The van der Waals surface area contributed by atoms with Gasteiger partial charge >= 0.3 is 0 Å². The van der Waals surface area contributed by atoms with Crippen molar-refractivity contribution in [1.82, 2.24) is 15.0 Å². The second-order valence-corrected chi connectivity index (χ2v) is 15.7. The van der Waals surface area contributed by atoms with Crippen LogP contribution < -0.4 is 9.80 Å². The Morgan fingerprint density at radius 1 is 0.857 bits per heavy atom. The summed E-state index contributed by atoms with van der Waals surface area (Å²) >= 11 is 0. The van der Waals surface area contributed by atoms with E-state index in [-0.39, 0.29) is 34.5 Å². The Morgan fingerprint density at radius 3 is 1.93 bits per heavy atom. The molecule has 1 aliphatic heterocycles. The van der Waals surface area contributed by atoms with Crippen LogP contribution in [-0.2, 0) is 19.9 Å². The number of aromatic nitrogens is 3. The average molecular weight is 580 g/mol. The van der Waals surface area contributed by atoms with Gasteiger partial charge in [0.25, 0.3) is 5.91 Å². The van der Waals surface area contributed by atoms with E-state index in [9.17, 15) is 4.79 Å². The van der Waals surface area contributed by atoms with E-state index < -0.39 is 11.1 Å². The molecule has 2 aromatic heterocycles. The second-order valence-electron chi connectivity index (χ2n) is 15.7. The summed E-state index contributed by atoms with van der Waals surface area (Å²) in [6.45, 7) is 23.4. The molecule has 1 aliphatic carbocycles. The van der Waals surface area contributed by atoms with Crippen molar-refractivity contribution in [2.45, 2.75) is 131 Å². The van der Waals surface area contributed by atoms with Crippen LogP contribution in [0.5, 0.6) is 0 Å². The summed E-state index contributed by atoms with van der Waals surface area (Å²) in [6, 6.07) is 4.14. The topological polar surface area (TPSA) is 80.7 Å². The van der Waals surface area contributed by atoms with E-state index in [1.54, 1.807) is 13.3 Å². The molecule has 2 aliphatic rings. The lowest BCUT2D eigenvalue weighted by atomic mass is 9.60. The Kier molecular flexibility index (Phi) is 8.35. The fraction of sp³-hybridized carbons (Fsp3) is 0.706. The molecule has 4 rings (SSSR count). The Morgan fingerprint density at radius 2 is 1.45 bits per heavy atom. The van der Waals surface area contributed by atoms with Gasteiger partial charge in [-0.05, 0) is 83.3 Å². The predicted molar refractivity (Wildman–Crippen MR) is 170 cm³/mol. The molecule has 3 heterocycles. The molecule has 42 heavy (non-hydrogen) atoms. The number of carbonyl (C=O) groups is 1. The first kappa shape index (κ1) is 32.3. The van der Waals surface area contributed by atoms with Crippen molar-refractivity contribution < 1.29 is 14.3 Å². The molecule has 0 N–H and O–H groups in total. The lowest BCUT2D eigenvalue weighted by molar-refractivity contribution is -0.173. The number of hydrogen-bond donors (Lipinski definition) is 0. The Bertz CT molecular complexity index is 1260. The summed E-state index contributed by atoms with van der Waals surface area (Å²) in [4.78, 5) is 32.8. The average Bonchev–Trinajstić information content (AvgIpc) is 2.87. The molecule has 1 amide bonds. The van der Waals surface area contributed by atoms with Crippen molar-refractivity contribution in [3.05, 3.63) is 30.2 Å². The van der Waals surface area contributed by atoms with E-state index in [4.69, 9.17) is 24.4 Å². The van der Waals surface area contributed by atoms with E-state index in [1.165, 1.54) is 0 Å². The number of nitrogens with zero attached hydrogens (tertiary/aromatic N) is 5. The summed E-state index contributed by atoms with van der Waals surface area (Å²) in [6.07, 6.45) is 7.42. The Balaban J connectivity index is 1.72. The van der Waals surface area contributed by atoms with Gasteiger partial charge in [0.05, 0.1) is 29.3 Å². The lowest BCUT2D eigenvalue weighted by Crippen LogP contribution is -2.62. The monoisotopic (exact) mass is 579 g/mol. The number of amides is 1. The van der Waals surface area contributed by atoms with E-state index in [1.807, 2.05) is 49.0 Å². The highest BCUT2D eigenvalue weighted by molar-refractivity contribution is 6.06. The summed E-state index contributed by atoms with van der Waals surface area (Å²) in [5.41, 5.74) is 0.517. The van der Waals surface area contributed by atoms with E-state index in [0.29, 0.717) is 11.5 Å². The highest BCUT2D eigenvalue weighted by Gasteiger charge is 2.53. The number of hydrogen-bond acceptors (Lipinski definition) is 7. The van der Waals surface area contributed by atoms with Gasteiger partial charge in [0, 0.05) is 32.0 Å². The maximum atomic E-state index is 14.0. The third-order valence-electron chi connectivity index (χ3n) is 9.23. The van der Waals surface area contributed by atoms with E-state index >= 15 is 0 Å². The van der Waals surface area contributed by atoms with Crippen molar-refractivity contribution in [2.75, 3.05) is 24.0 Å². The number of likely N-dealkylation sites (N-methyl/N-ethyl adjacent to an activating group) is 1. The van der Waals surface area contributed by atoms with Gasteiger partial charge < -0.3 is 14.4 Å². The maximum absolute atomic E-state index is 14.0. The molecule has 0 radical (unpaired) electrons. The minimum atomic E-state index is -0.728. The molecule has 2 aromatic rings. The van der Waals surface area contributed by atoms with Gasteiger partial charge in [-0.2, -0.15) is 0 Å². The minimum Gasteiger partial charge on any atom is -0.373 e. The van der Waals surface area contributed by atoms with Crippen molar-refractivity contribution in [1.29, 1.82) is 0 Å². The molecule has 8 heteroatoms. The minimum absolute atomic E-state index is 0.0509. The molecule has 1 saturated carbocycles. The zero-order valence-electron chi connectivity index (χ0n) is 28.3. The SMILES string of the molecule is COC(c1ccc(-c2cnc3c(n2)N([C@H]2CC[C@H](OC(C)(C)C)CC2)C(=O)C(C)(C)N3C)cn1)(C(C)(C)C)C(C)(C)C. The van der Waals surface area contributed by atoms with E-state index in [0.717, 1.165) is 42.8 Å². The van der Waals surface area contributed by atoms with E-state index in [2.05, 4.69) is 62.3 Å². The van der Waals surface area contributed by atoms with Crippen LogP contribution in [-0.4, -0.2) is 58.3 Å². The molecular formula is C34H53N5O3. The van der Waals surface area contributed by atoms with Crippen LogP contribution >= 0.6 is 0 Å². The van der Waals surface area contributed by atoms with Crippen molar-refractivity contribution in [3.8, 4) is 11.3 Å². The Labute approximate surface area is 253 Å². The summed E-state index contributed by atoms with van der Waals surface area (Å²) in [5.74, 6) is 1.40. The summed E-state index contributed by atoms with van der Waals surface area (Å²) in [7, 11) is 3.70. The third kappa shape index (κ3) is 5.57. The highest BCUT2D eigenvalue weighted by atomic mass is 16.5. The van der Waals surface area contributed by atoms with Crippen LogP contribution in [0, 0.1) is 10.8 Å². The van der Waals surface area contributed by atoms with Crippen LogP contribution in [0.1, 0.15) is 108 Å². The largest absolute Gasteiger partial charge is 0.373 e. The number of ether oxygens (including phenoxy) is 2. The van der Waals surface area contributed by atoms with Crippen molar-refractivity contribution in [2.24, 2.45) is 10.8 Å². The summed E-state index contributed by atoms with van der Waals surface area (Å²) in [5, 5.41) is 0. The molecular weight excluding hydrogens is 526 g/mol. The zero-order chi connectivity index (χ0) is 31.5. The molecule has 232 valence electrons. The van der Waals surface area contributed by atoms with Gasteiger partial charge in [-0.1, -0.05) is 41.5 Å². The third-order valence-corrected chi connectivity index (χ3v) is 9.23. The first-order chi connectivity index (χ1) is 19.2. The first-order valence-electron chi connectivity index (χ1n) is 15.4.